The zero-order valence-electron chi connectivity index (χ0n) is 17.2. The lowest BCUT2D eigenvalue weighted by molar-refractivity contribution is 0.367. The molecule has 1 aliphatic rings. The summed E-state index contributed by atoms with van der Waals surface area (Å²) >= 11 is 0. The topological polar surface area (TPSA) is 86.1 Å². The molecule has 0 radical (unpaired) electrons. The molecule has 1 aromatic heterocycles. The van der Waals surface area contributed by atoms with Crippen LogP contribution in [0.25, 0.3) is 16.5 Å². The van der Waals surface area contributed by atoms with Gasteiger partial charge in [0.05, 0.1) is 30.0 Å². The van der Waals surface area contributed by atoms with Gasteiger partial charge in [-0.3, -0.25) is 0 Å². The fraction of sp³-hybridized carbons (Fsp3) is 0.120. The maximum Gasteiger partial charge on any atom is 0.229 e. The van der Waals surface area contributed by atoms with E-state index in [1.165, 1.54) is 0 Å². The van der Waals surface area contributed by atoms with E-state index in [4.69, 9.17) is 20.3 Å². The van der Waals surface area contributed by atoms with Crippen molar-refractivity contribution in [2.75, 3.05) is 7.11 Å². The number of ether oxygens (including phenoxy) is 2. The summed E-state index contributed by atoms with van der Waals surface area (Å²) < 4.78 is 13.3. The molecule has 5 rings (SSSR count). The van der Waals surface area contributed by atoms with E-state index >= 15 is 0 Å². The maximum atomic E-state index is 9.99. The predicted molar refractivity (Wildman–Crippen MR) is 118 cm³/mol. The van der Waals surface area contributed by atoms with Crippen molar-refractivity contribution in [3.8, 4) is 23.4 Å². The van der Waals surface area contributed by atoms with Crippen LogP contribution in [0.4, 0.5) is 0 Å². The molecule has 0 spiro atoms. The molecule has 4 aromatic rings. The summed E-state index contributed by atoms with van der Waals surface area (Å²) in [5, 5.41) is 16.7. The van der Waals surface area contributed by atoms with E-state index in [1.807, 2.05) is 73.7 Å². The predicted octanol–water partition coefficient (Wildman–Crippen LogP) is 4.56. The first-order valence-electron chi connectivity index (χ1n) is 9.92. The van der Waals surface area contributed by atoms with E-state index in [2.05, 4.69) is 6.07 Å². The molecule has 2 heterocycles. The fourth-order valence-electron chi connectivity index (χ4n) is 4.29. The van der Waals surface area contributed by atoms with Crippen LogP contribution < -0.4 is 15.2 Å². The summed E-state index contributed by atoms with van der Waals surface area (Å²) in [6.45, 7) is 1.93. The molecular formula is C25H20N4O2. The Bertz CT molecular complexity index is 1380. The number of aryl methyl sites for hydroxylation is 1. The van der Waals surface area contributed by atoms with Gasteiger partial charge in [-0.25, -0.2) is 4.68 Å². The average Bonchev–Trinajstić information content (AvgIpc) is 3.14. The van der Waals surface area contributed by atoms with Gasteiger partial charge in [-0.05, 0) is 36.1 Å². The van der Waals surface area contributed by atoms with Gasteiger partial charge in [0.1, 0.15) is 17.4 Å². The number of para-hydroxylation sites is 1. The average molecular weight is 408 g/mol. The van der Waals surface area contributed by atoms with Crippen molar-refractivity contribution in [3.63, 3.8) is 0 Å². The fourth-order valence-corrected chi connectivity index (χ4v) is 4.29. The number of nitriles is 1. The maximum absolute atomic E-state index is 9.99. The number of aromatic nitrogens is 2. The highest BCUT2D eigenvalue weighted by molar-refractivity contribution is 5.92. The van der Waals surface area contributed by atoms with Crippen LogP contribution in [0.3, 0.4) is 0 Å². The number of fused-ring (bicyclic) bond motifs is 2. The van der Waals surface area contributed by atoms with E-state index < -0.39 is 5.92 Å². The lowest BCUT2D eigenvalue weighted by Gasteiger charge is -2.26. The second-order valence-electron chi connectivity index (χ2n) is 7.38. The molecule has 31 heavy (non-hydrogen) atoms. The number of nitrogens with two attached hydrogens (primary N) is 1. The Hall–Kier alpha value is -4.24. The molecule has 0 amide bonds. The van der Waals surface area contributed by atoms with Crippen LogP contribution in [0.1, 0.15) is 22.7 Å². The van der Waals surface area contributed by atoms with Crippen molar-refractivity contribution in [1.82, 2.24) is 9.78 Å². The Labute approximate surface area is 179 Å². The summed E-state index contributed by atoms with van der Waals surface area (Å²) in [6.07, 6.45) is 0. The van der Waals surface area contributed by atoms with Gasteiger partial charge in [0, 0.05) is 5.39 Å². The van der Waals surface area contributed by atoms with E-state index in [-0.39, 0.29) is 5.88 Å². The van der Waals surface area contributed by atoms with Gasteiger partial charge in [0.15, 0.2) is 0 Å². The minimum absolute atomic E-state index is 0.0944. The Morgan fingerprint density at radius 3 is 2.45 bits per heavy atom. The molecule has 0 fully saturated rings. The smallest absolute Gasteiger partial charge is 0.229 e. The number of benzene rings is 3. The quantitative estimate of drug-likeness (QED) is 0.537. The summed E-state index contributed by atoms with van der Waals surface area (Å²) in [7, 11) is 1.65. The van der Waals surface area contributed by atoms with E-state index in [0.717, 1.165) is 39.0 Å². The lowest BCUT2D eigenvalue weighted by Crippen LogP contribution is -2.22. The Morgan fingerprint density at radius 1 is 1.03 bits per heavy atom. The van der Waals surface area contributed by atoms with E-state index in [9.17, 15) is 5.26 Å². The number of hydrogen-bond acceptors (Lipinski definition) is 5. The minimum Gasteiger partial charge on any atom is -0.496 e. The standard InChI is InChI=1S/C25H20N4O2/c1-15-22-23(19-12-13-21(30-2)18-11-7-6-10-17(18)19)20(14-26)24(27)31-25(22)29(28-15)16-8-4-3-5-9-16/h3-13,23H,27H2,1-2H3. The van der Waals surface area contributed by atoms with Crippen LogP contribution in [-0.4, -0.2) is 16.9 Å². The monoisotopic (exact) mass is 408 g/mol. The molecule has 0 saturated heterocycles. The highest BCUT2D eigenvalue weighted by Crippen LogP contribution is 2.47. The third-order valence-corrected chi connectivity index (χ3v) is 5.68. The molecule has 6 heteroatoms. The number of nitrogens with zero attached hydrogens (tertiary/aromatic N) is 3. The van der Waals surface area contributed by atoms with Gasteiger partial charge in [-0.1, -0.05) is 48.5 Å². The second-order valence-corrected chi connectivity index (χ2v) is 7.38. The number of hydrogen-bond donors (Lipinski definition) is 1. The van der Waals surface area contributed by atoms with Crippen LogP contribution >= 0.6 is 0 Å². The van der Waals surface area contributed by atoms with Crippen molar-refractivity contribution in [3.05, 3.63) is 95.0 Å². The number of methoxy groups -OCH3 is 1. The van der Waals surface area contributed by atoms with Crippen molar-refractivity contribution < 1.29 is 9.47 Å². The summed E-state index contributed by atoms with van der Waals surface area (Å²) in [4.78, 5) is 0. The van der Waals surface area contributed by atoms with Crippen molar-refractivity contribution in [1.29, 1.82) is 5.26 Å². The number of rotatable bonds is 3. The largest absolute Gasteiger partial charge is 0.496 e. The number of allylic oxidation sites excluding steroid dienone is 1. The van der Waals surface area contributed by atoms with Gasteiger partial charge in [0.2, 0.25) is 11.8 Å². The van der Waals surface area contributed by atoms with E-state index in [1.54, 1.807) is 11.8 Å². The molecular weight excluding hydrogens is 388 g/mol. The van der Waals surface area contributed by atoms with Crippen LogP contribution in [0.15, 0.2) is 78.2 Å². The Balaban J connectivity index is 1.81. The van der Waals surface area contributed by atoms with Crippen LogP contribution in [0.5, 0.6) is 11.6 Å². The molecule has 6 nitrogen and oxygen atoms in total. The third kappa shape index (κ3) is 2.82. The molecule has 3 aromatic carbocycles. The minimum atomic E-state index is -0.401. The van der Waals surface area contributed by atoms with Crippen LogP contribution in [0, 0.1) is 18.3 Å². The zero-order chi connectivity index (χ0) is 21.5. The van der Waals surface area contributed by atoms with Gasteiger partial charge >= 0.3 is 0 Å². The molecule has 0 aliphatic carbocycles. The van der Waals surface area contributed by atoms with Crippen LogP contribution in [-0.2, 0) is 0 Å². The summed E-state index contributed by atoms with van der Waals surface area (Å²) in [6, 6.07) is 23.9. The lowest BCUT2D eigenvalue weighted by atomic mass is 9.82. The Kier molecular flexibility index (Phi) is 4.37. The molecule has 0 bridgehead atoms. The van der Waals surface area contributed by atoms with Crippen molar-refractivity contribution >= 4 is 10.8 Å². The van der Waals surface area contributed by atoms with Gasteiger partial charge in [-0.15, -0.1) is 0 Å². The molecule has 152 valence electrons. The SMILES string of the molecule is COc1ccc(C2C(C#N)=C(N)Oc3c2c(C)nn3-c2ccccc2)c2ccccc12. The van der Waals surface area contributed by atoms with Gasteiger partial charge < -0.3 is 15.2 Å². The Morgan fingerprint density at radius 2 is 1.74 bits per heavy atom. The highest BCUT2D eigenvalue weighted by atomic mass is 16.5. The molecule has 1 unspecified atom stereocenters. The summed E-state index contributed by atoms with van der Waals surface area (Å²) in [5.41, 5.74) is 10.1. The zero-order valence-corrected chi connectivity index (χ0v) is 17.2. The first-order valence-corrected chi connectivity index (χ1v) is 9.92. The van der Waals surface area contributed by atoms with Gasteiger partial charge in [-0.2, -0.15) is 10.4 Å². The molecule has 1 aliphatic heterocycles. The van der Waals surface area contributed by atoms with Crippen LogP contribution in [0.2, 0.25) is 0 Å². The van der Waals surface area contributed by atoms with Crippen molar-refractivity contribution in [2.24, 2.45) is 5.73 Å². The molecule has 0 saturated carbocycles. The first-order chi connectivity index (χ1) is 15.1. The normalized spacial score (nSPS) is 15.3. The highest BCUT2D eigenvalue weighted by Gasteiger charge is 2.37. The second kappa shape index (κ2) is 7.22. The first kappa shape index (κ1) is 18.8. The van der Waals surface area contributed by atoms with E-state index in [0.29, 0.717) is 11.5 Å². The van der Waals surface area contributed by atoms with Crippen molar-refractivity contribution in [2.45, 2.75) is 12.8 Å². The third-order valence-electron chi connectivity index (χ3n) is 5.68. The summed E-state index contributed by atoms with van der Waals surface area (Å²) in [5.74, 6) is 1.00. The molecule has 1 atom stereocenters. The van der Waals surface area contributed by atoms with Gasteiger partial charge in [0.25, 0.3) is 0 Å². The molecule has 2 N–H and O–H groups in total.